The van der Waals surface area contributed by atoms with Crippen molar-refractivity contribution in [2.24, 2.45) is 0 Å². The van der Waals surface area contributed by atoms with Crippen LogP contribution in [-0.2, 0) is 4.74 Å². The third kappa shape index (κ3) is 5.07. The van der Waals surface area contributed by atoms with Gasteiger partial charge in [-0.2, -0.15) is 0 Å². The van der Waals surface area contributed by atoms with Crippen molar-refractivity contribution < 1.29 is 18.8 Å². The van der Waals surface area contributed by atoms with Crippen LogP contribution in [0.25, 0.3) is 11.1 Å². The fourth-order valence-corrected chi connectivity index (χ4v) is 3.79. The van der Waals surface area contributed by atoms with Gasteiger partial charge in [-0.1, -0.05) is 5.16 Å². The van der Waals surface area contributed by atoms with E-state index in [1.807, 2.05) is 64.8 Å². The van der Waals surface area contributed by atoms with Crippen molar-refractivity contribution in [3.05, 3.63) is 29.7 Å². The molecule has 0 spiro atoms. The number of carbonyl (C=O) groups is 1. The Labute approximate surface area is 178 Å². The number of anilines is 1. The number of benzene rings is 1. The zero-order valence-corrected chi connectivity index (χ0v) is 18.9. The number of hydrogen-bond donors (Lipinski definition) is 1. The second kappa shape index (κ2) is 8.98. The minimum Gasteiger partial charge on any atom is -0.491 e. The van der Waals surface area contributed by atoms with Crippen molar-refractivity contribution in [2.45, 2.75) is 65.5 Å². The van der Waals surface area contributed by atoms with Crippen LogP contribution in [0, 0.1) is 13.8 Å². The number of hydrogen-bond acceptors (Lipinski definition) is 6. The number of likely N-dealkylation sites (tertiary alicyclic amines) is 1. The molecule has 1 atom stereocenters. The summed E-state index contributed by atoms with van der Waals surface area (Å²) in [5, 5.41) is 7.26. The first-order valence-corrected chi connectivity index (χ1v) is 10.6. The Hall–Kier alpha value is -2.70. The molecule has 0 radical (unpaired) electrons. The van der Waals surface area contributed by atoms with E-state index >= 15 is 0 Å². The normalized spacial score (nSPS) is 17.0. The molecule has 0 aliphatic carbocycles. The molecule has 164 valence electrons. The molecule has 0 saturated carbocycles. The van der Waals surface area contributed by atoms with E-state index in [0.29, 0.717) is 13.2 Å². The molecule has 7 heteroatoms. The summed E-state index contributed by atoms with van der Waals surface area (Å²) in [6.07, 6.45) is 2.68. The summed E-state index contributed by atoms with van der Waals surface area (Å²) in [5.41, 5.74) is 3.15. The monoisotopic (exact) mass is 415 g/mol. The second-order valence-corrected chi connectivity index (χ2v) is 8.79. The third-order valence-electron chi connectivity index (χ3n) is 5.26. The smallest absolute Gasteiger partial charge is 0.410 e. The van der Waals surface area contributed by atoms with Gasteiger partial charge in [-0.3, -0.25) is 0 Å². The molecule has 1 aliphatic heterocycles. The van der Waals surface area contributed by atoms with Gasteiger partial charge in [0.1, 0.15) is 23.7 Å². The van der Waals surface area contributed by atoms with E-state index in [4.69, 9.17) is 14.0 Å². The van der Waals surface area contributed by atoms with E-state index in [2.05, 4.69) is 10.5 Å². The molecule has 1 amide bonds. The van der Waals surface area contributed by atoms with Gasteiger partial charge in [0, 0.05) is 24.8 Å². The van der Waals surface area contributed by atoms with Crippen molar-refractivity contribution in [2.75, 3.05) is 25.5 Å². The Morgan fingerprint density at radius 2 is 2.07 bits per heavy atom. The maximum absolute atomic E-state index is 12.7. The standard InChI is InChI=1S/C23H33N3O4/c1-15-21(16(2)30-25-15)19-13-17(24-6)10-11-20(19)28-14-18-9-7-8-12-26(18)22(27)29-23(3,4)5/h10-11,13,18,24H,7-9,12,14H2,1-6H3/t18-/m1/s1. The van der Waals surface area contributed by atoms with Crippen molar-refractivity contribution >= 4 is 11.8 Å². The van der Waals surface area contributed by atoms with E-state index in [0.717, 1.165) is 53.3 Å². The molecule has 3 rings (SSSR count). The van der Waals surface area contributed by atoms with E-state index in [1.54, 1.807) is 0 Å². The van der Waals surface area contributed by atoms with Crippen LogP contribution in [0.1, 0.15) is 51.5 Å². The fourth-order valence-electron chi connectivity index (χ4n) is 3.79. The highest BCUT2D eigenvalue weighted by Gasteiger charge is 2.31. The predicted molar refractivity (Wildman–Crippen MR) is 117 cm³/mol. The van der Waals surface area contributed by atoms with Crippen LogP contribution in [0.2, 0.25) is 0 Å². The number of nitrogens with zero attached hydrogens (tertiary/aromatic N) is 2. The SMILES string of the molecule is CNc1ccc(OC[C@H]2CCCCN2C(=O)OC(C)(C)C)c(-c2c(C)noc2C)c1. The summed E-state index contributed by atoms with van der Waals surface area (Å²) in [6, 6.07) is 5.95. The largest absolute Gasteiger partial charge is 0.491 e. The summed E-state index contributed by atoms with van der Waals surface area (Å²) >= 11 is 0. The molecule has 1 N–H and O–H groups in total. The topological polar surface area (TPSA) is 76.8 Å². The molecule has 1 aliphatic rings. The zero-order chi connectivity index (χ0) is 21.9. The van der Waals surface area contributed by atoms with Gasteiger partial charge in [-0.15, -0.1) is 0 Å². The van der Waals surface area contributed by atoms with Gasteiger partial charge in [-0.05, 0) is 72.1 Å². The molecule has 1 fully saturated rings. The zero-order valence-electron chi connectivity index (χ0n) is 18.9. The summed E-state index contributed by atoms with van der Waals surface area (Å²) in [5.74, 6) is 1.50. The molecular formula is C23H33N3O4. The van der Waals surface area contributed by atoms with Gasteiger partial charge in [-0.25, -0.2) is 4.79 Å². The Kier molecular flexibility index (Phi) is 6.58. The molecule has 1 aromatic heterocycles. The predicted octanol–water partition coefficient (Wildman–Crippen LogP) is 5.17. The number of ether oxygens (including phenoxy) is 2. The van der Waals surface area contributed by atoms with E-state index in [9.17, 15) is 4.79 Å². The molecule has 1 saturated heterocycles. The van der Waals surface area contributed by atoms with Crippen molar-refractivity contribution in [1.29, 1.82) is 0 Å². The van der Waals surface area contributed by atoms with Gasteiger partial charge < -0.3 is 24.2 Å². The highest BCUT2D eigenvalue weighted by atomic mass is 16.6. The lowest BCUT2D eigenvalue weighted by atomic mass is 10.0. The molecule has 0 unspecified atom stereocenters. The fraction of sp³-hybridized carbons (Fsp3) is 0.565. The highest BCUT2D eigenvalue weighted by Crippen LogP contribution is 2.37. The van der Waals surface area contributed by atoms with Crippen LogP contribution in [0.4, 0.5) is 10.5 Å². The lowest BCUT2D eigenvalue weighted by Crippen LogP contribution is -2.48. The quantitative estimate of drug-likeness (QED) is 0.726. The minimum absolute atomic E-state index is 0.0184. The Morgan fingerprint density at radius 3 is 2.70 bits per heavy atom. The molecular weight excluding hydrogens is 382 g/mol. The maximum atomic E-state index is 12.7. The van der Waals surface area contributed by atoms with Crippen molar-refractivity contribution in [3.8, 4) is 16.9 Å². The minimum atomic E-state index is -0.514. The first-order chi connectivity index (χ1) is 14.2. The van der Waals surface area contributed by atoms with Crippen LogP contribution in [0.15, 0.2) is 22.7 Å². The second-order valence-electron chi connectivity index (χ2n) is 8.79. The average molecular weight is 416 g/mol. The first kappa shape index (κ1) is 22.0. The van der Waals surface area contributed by atoms with Gasteiger partial charge >= 0.3 is 6.09 Å². The third-order valence-corrected chi connectivity index (χ3v) is 5.26. The van der Waals surface area contributed by atoms with Gasteiger partial charge in [0.2, 0.25) is 0 Å². The maximum Gasteiger partial charge on any atom is 0.410 e. The number of rotatable bonds is 5. The summed E-state index contributed by atoms with van der Waals surface area (Å²) in [4.78, 5) is 14.5. The molecule has 2 aromatic rings. The molecule has 30 heavy (non-hydrogen) atoms. The number of amides is 1. The van der Waals surface area contributed by atoms with Gasteiger partial charge in [0.05, 0.1) is 17.3 Å². The molecule has 1 aromatic carbocycles. The van der Waals surface area contributed by atoms with Crippen LogP contribution < -0.4 is 10.1 Å². The lowest BCUT2D eigenvalue weighted by molar-refractivity contribution is 0.00364. The molecule has 0 bridgehead atoms. The first-order valence-electron chi connectivity index (χ1n) is 10.6. The van der Waals surface area contributed by atoms with Crippen molar-refractivity contribution in [3.63, 3.8) is 0 Å². The number of aromatic nitrogens is 1. The number of nitrogens with one attached hydrogen (secondary N) is 1. The summed E-state index contributed by atoms with van der Waals surface area (Å²) in [6.45, 7) is 10.6. The van der Waals surface area contributed by atoms with E-state index in [-0.39, 0.29) is 12.1 Å². The Balaban J connectivity index is 1.81. The van der Waals surface area contributed by atoms with Crippen LogP contribution in [0.5, 0.6) is 5.75 Å². The highest BCUT2D eigenvalue weighted by molar-refractivity contribution is 5.77. The van der Waals surface area contributed by atoms with Gasteiger partial charge in [0.15, 0.2) is 0 Å². The van der Waals surface area contributed by atoms with Crippen LogP contribution in [0.3, 0.4) is 0 Å². The van der Waals surface area contributed by atoms with Crippen LogP contribution >= 0.6 is 0 Å². The van der Waals surface area contributed by atoms with Crippen molar-refractivity contribution in [1.82, 2.24) is 10.1 Å². The molecule has 2 heterocycles. The Morgan fingerprint density at radius 1 is 1.30 bits per heavy atom. The Bertz CT molecular complexity index is 866. The molecule has 7 nitrogen and oxygen atoms in total. The average Bonchev–Trinajstić information content (AvgIpc) is 3.03. The van der Waals surface area contributed by atoms with Crippen LogP contribution in [-0.4, -0.2) is 48.0 Å². The van der Waals surface area contributed by atoms with Gasteiger partial charge in [0.25, 0.3) is 0 Å². The lowest BCUT2D eigenvalue weighted by Gasteiger charge is -2.36. The van der Waals surface area contributed by atoms with E-state index in [1.165, 1.54) is 0 Å². The van der Waals surface area contributed by atoms with E-state index < -0.39 is 5.60 Å². The summed E-state index contributed by atoms with van der Waals surface area (Å²) < 4.78 is 17.3. The summed E-state index contributed by atoms with van der Waals surface area (Å²) in [7, 11) is 1.88. The number of aryl methyl sites for hydroxylation is 2. The number of carbonyl (C=O) groups excluding carboxylic acids is 1. The number of piperidine rings is 1.